The summed E-state index contributed by atoms with van der Waals surface area (Å²) in [5.41, 5.74) is 4.22. The van der Waals surface area contributed by atoms with E-state index in [-0.39, 0.29) is 22.9 Å². The van der Waals surface area contributed by atoms with E-state index in [0.29, 0.717) is 28.4 Å². The number of nitrogens with zero attached hydrogens (tertiary/aromatic N) is 4. The predicted octanol–water partition coefficient (Wildman–Crippen LogP) is 7.66. The van der Waals surface area contributed by atoms with E-state index in [4.69, 9.17) is 36.3 Å². The summed E-state index contributed by atoms with van der Waals surface area (Å²) in [6, 6.07) is 10.7. The zero-order valence-corrected chi connectivity index (χ0v) is 26.6. The monoisotopic (exact) mass is 607 g/mol. The van der Waals surface area contributed by atoms with Crippen LogP contribution in [0.25, 0.3) is 22.2 Å². The van der Waals surface area contributed by atoms with E-state index in [1.165, 1.54) is 0 Å². The average Bonchev–Trinajstić information content (AvgIpc) is 3.39. The number of fused-ring (bicyclic) bond motifs is 9. The highest BCUT2D eigenvalue weighted by Gasteiger charge is 2.43. The summed E-state index contributed by atoms with van der Waals surface area (Å²) in [7, 11) is -2.04. The Bertz CT molecular complexity index is 1700. The van der Waals surface area contributed by atoms with Gasteiger partial charge in [0.05, 0.1) is 23.1 Å². The second-order valence-corrected chi connectivity index (χ2v) is 18.2. The Morgan fingerprint density at radius 1 is 1.05 bits per heavy atom. The van der Waals surface area contributed by atoms with Gasteiger partial charge in [0.2, 0.25) is 0 Å². The van der Waals surface area contributed by atoms with E-state index >= 15 is 0 Å². The summed E-state index contributed by atoms with van der Waals surface area (Å²) in [5, 5.41) is 3.46. The molecule has 2 aliphatic rings. The van der Waals surface area contributed by atoms with Crippen LogP contribution in [-0.2, 0) is 10.0 Å². The molecule has 2 aliphatic heterocycles. The third kappa shape index (κ3) is 4.81. The van der Waals surface area contributed by atoms with Gasteiger partial charge in [0.25, 0.3) is 0 Å². The Kier molecular flexibility index (Phi) is 6.78. The lowest BCUT2D eigenvalue weighted by Crippen LogP contribution is -2.46. The van der Waals surface area contributed by atoms with E-state index in [1.807, 2.05) is 44.4 Å². The summed E-state index contributed by atoms with van der Waals surface area (Å²) in [5.74, 6) is 1.59. The SMILES string of the molecule is CC(C)(O[Si](C)(C)C(C)(C)C)c1ncc(-c2ccc3nc4n(c3c2)[C@@H]2C[C@H]4NC(=S)c3cccc(OC(F)F)c32)cn1. The van der Waals surface area contributed by atoms with Crippen LogP contribution in [0.15, 0.2) is 48.8 Å². The largest absolute Gasteiger partial charge is 0.434 e. The van der Waals surface area contributed by atoms with Crippen molar-refractivity contribution in [3.05, 3.63) is 71.6 Å². The van der Waals surface area contributed by atoms with Gasteiger partial charge in [0.15, 0.2) is 14.1 Å². The van der Waals surface area contributed by atoms with Gasteiger partial charge in [-0.2, -0.15) is 8.78 Å². The Hall–Kier alpha value is -3.28. The van der Waals surface area contributed by atoms with Crippen LogP contribution in [0.3, 0.4) is 0 Å². The minimum Gasteiger partial charge on any atom is -0.434 e. The summed E-state index contributed by atoms with van der Waals surface area (Å²) >= 11 is 5.65. The molecule has 0 fully saturated rings. The van der Waals surface area contributed by atoms with Gasteiger partial charge in [-0.3, -0.25) is 0 Å². The fourth-order valence-electron chi connectivity index (χ4n) is 5.81. The Balaban J connectivity index is 1.38. The summed E-state index contributed by atoms with van der Waals surface area (Å²) in [6.45, 7) is 12.2. The van der Waals surface area contributed by atoms with Crippen LogP contribution >= 0.6 is 12.2 Å². The lowest BCUT2D eigenvalue weighted by Gasteiger charge is -2.42. The minimum atomic E-state index is -2.94. The number of ether oxygens (including phenoxy) is 1. The third-order valence-corrected chi connectivity index (χ3v) is 13.8. The fraction of sp³-hybridized carbons (Fsp3) is 0.419. The zero-order chi connectivity index (χ0) is 30.2. The summed E-state index contributed by atoms with van der Waals surface area (Å²) in [6.07, 6.45) is 4.28. The molecular weight excluding hydrogens is 573 g/mol. The van der Waals surface area contributed by atoms with Crippen LogP contribution in [0.2, 0.25) is 18.1 Å². The van der Waals surface area contributed by atoms with E-state index in [0.717, 1.165) is 28.0 Å². The first-order valence-electron chi connectivity index (χ1n) is 14.1. The van der Waals surface area contributed by atoms with Crippen LogP contribution in [0.1, 0.15) is 75.9 Å². The highest BCUT2D eigenvalue weighted by Crippen LogP contribution is 2.48. The minimum absolute atomic E-state index is 0.0652. The van der Waals surface area contributed by atoms with E-state index in [9.17, 15) is 8.78 Å². The smallest absolute Gasteiger partial charge is 0.387 e. The Morgan fingerprint density at radius 2 is 1.76 bits per heavy atom. The van der Waals surface area contributed by atoms with Crippen molar-refractivity contribution >= 4 is 36.6 Å². The van der Waals surface area contributed by atoms with Gasteiger partial charge in [-0.05, 0) is 62.2 Å². The molecule has 7 nitrogen and oxygen atoms in total. The van der Waals surface area contributed by atoms with Gasteiger partial charge in [0.1, 0.15) is 22.2 Å². The third-order valence-electron chi connectivity index (χ3n) is 8.80. The van der Waals surface area contributed by atoms with Crippen LogP contribution in [-0.4, -0.2) is 39.4 Å². The number of alkyl halides is 2. The number of nitrogens with one attached hydrogen (secondary N) is 1. The predicted molar refractivity (Wildman–Crippen MR) is 165 cm³/mol. The number of thiocarbonyl (C=S) groups is 1. The number of benzene rings is 2. The Labute approximate surface area is 250 Å². The standard InChI is InChI=1S/C31H35F2N5O2SSi/c1-30(2,3)42(6,7)40-31(4,5)28-34-15-18(16-35-28)17-11-12-20-22(13-17)38-23-14-21(26(38)36-20)37-27(41)19-9-8-10-24(25(19)23)39-29(32)33/h8-13,15-16,21,23,29H,14H2,1-7H3,(H,37,41)/t21-,23-/m1/s1. The van der Waals surface area contributed by atoms with Gasteiger partial charge in [-0.25, -0.2) is 15.0 Å². The van der Waals surface area contributed by atoms with Crippen LogP contribution in [0.5, 0.6) is 5.75 Å². The molecule has 0 amide bonds. The lowest BCUT2D eigenvalue weighted by atomic mass is 9.97. The van der Waals surface area contributed by atoms with E-state index < -0.39 is 20.5 Å². The molecule has 2 aromatic carbocycles. The zero-order valence-electron chi connectivity index (χ0n) is 24.8. The van der Waals surface area contributed by atoms with Gasteiger partial charge < -0.3 is 19.0 Å². The summed E-state index contributed by atoms with van der Waals surface area (Å²) < 4.78 is 40.5. The molecule has 0 spiro atoms. The maximum absolute atomic E-state index is 13.4. The van der Waals surface area contributed by atoms with Crippen molar-refractivity contribution in [3.8, 4) is 16.9 Å². The summed E-state index contributed by atoms with van der Waals surface area (Å²) in [4.78, 5) is 14.9. The number of hydrogen-bond donors (Lipinski definition) is 1. The molecule has 2 atom stereocenters. The molecule has 1 N–H and O–H groups in total. The normalized spacial score (nSPS) is 18.6. The van der Waals surface area contributed by atoms with Crippen molar-refractivity contribution < 1.29 is 17.9 Å². The number of aromatic nitrogens is 4. The fourth-order valence-corrected chi connectivity index (χ4v) is 7.81. The van der Waals surface area contributed by atoms with Crippen molar-refractivity contribution in [2.75, 3.05) is 0 Å². The van der Waals surface area contributed by atoms with E-state index in [1.54, 1.807) is 12.1 Å². The quantitative estimate of drug-likeness (QED) is 0.178. The van der Waals surface area contributed by atoms with Crippen LogP contribution < -0.4 is 10.1 Å². The molecule has 4 heterocycles. The molecule has 0 radical (unpaired) electrons. The highest BCUT2D eigenvalue weighted by molar-refractivity contribution is 7.80. The molecule has 0 unspecified atom stereocenters. The molecule has 4 aromatic rings. The first-order valence-corrected chi connectivity index (χ1v) is 17.4. The van der Waals surface area contributed by atoms with Crippen molar-refractivity contribution in [3.63, 3.8) is 0 Å². The van der Waals surface area contributed by atoms with E-state index in [2.05, 4.69) is 49.8 Å². The highest BCUT2D eigenvalue weighted by atomic mass is 32.1. The second kappa shape index (κ2) is 9.89. The molecule has 2 aromatic heterocycles. The number of halogens is 2. The number of rotatable bonds is 6. The molecule has 0 saturated carbocycles. The van der Waals surface area contributed by atoms with Crippen LogP contribution in [0.4, 0.5) is 8.78 Å². The molecular formula is C31H35F2N5O2SSi. The Morgan fingerprint density at radius 3 is 2.43 bits per heavy atom. The van der Waals surface area contributed by atoms with Gasteiger partial charge in [0, 0.05) is 29.1 Å². The molecule has 6 rings (SSSR count). The number of hydrogen-bond acceptors (Lipinski definition) is 6. The lowest BCUT2D eigenvalue weighted by molar-refractivity contribution is -0.0506. The second-order valence-electron chi connectivity index (χ2n) is 13.1. The van der Waals surface area contributed by atoms with Gasteiger partial charge in [-0.1, -0.05) is 51.2 Å². The maximum atomic E-state index is 13.4. The van der Waals surface area contributed by atoms with Crippen molar-refractivity contribution in [1.82, 2.24) is 24.8 Å². The van der Waals surface area contributed by atoms with Crippen LogP contribution in [0, 0.1) is 0 Å². The molecule has 2 bridgehead atoms. The molecule has 42 heavy (non-hydrogen) atoms. The molecule has 11 heteroatoms. The van der Waals surface area contributed by atoms with Crippen molar-refractivity contribution in [1.29, 1.82) is 0 Å². The molecule has 0 aliphatic carbocycles. The first-order chi connectivity index (χ1) is 19.7. The molecule has 0 saturated heterocycles. The van der Waals surface area contributed by atoms with Crippen molar-refractivity contribution in [2.45, 2.75) is 83.5 Å². The van der Waals surface area contributed by atoms with Crippen molar-refractivity contribution in [2.24, 2.45) is 0 Å². The topological polar surface area (TPSA) is 74.1 Å². The van der Waals surface area contributed by atoms with Gasteiger partial charge >= 0.3 is 6.61 Å². The molecule has 220 valence electrons. The van der Waals surface area contributed by atoms with Gasteiger partial charge in [-0.15, -0.1) is 0 Å². The number of imidazole rings is 1. The first kappa shape index (κ1) is 28.8. The average molecular weight is 608 g/mol. The maximum Gasteiger partial charge on any atom is 0.387 e.